The van der Waals surface area contributed by atoms with Crippen molar-refractivity contribution in [2.45, 2.75) is 46.3 Å². The smallest absolute Gasteiger partial charge is 0.410 e. The number of nitrogens with one attached hydrogen (secondary N) is 1. The molecule has 0 aromatic heterocycles. The van der Waals surface area contributed by atoms with Gasteiger partial charge in [0.05, 0.1) is 0 Å². The van der Waals surface area contributed by atoms with E-state index in [4.69, 9.17) is 4.74 Å². The van der Waals surface area contributed by atoms with Gasteiger partial charge in [-0.25, -0.2) is 4.79 Å². The molecule has 0 saturated carbocycles. The molecule has 1 aliphatic heterocycles. The van der Waals surface area contributed by atoms with Gasteiger partial charge in [0.1, 0.15) is 5.60 Å². The molecule has 1 saturated heterocycles. The Hall–Kier alpha value is -0.770. The van der Waals surface area contributed by atoms with E-state index < -0.39 is 5.60 Å². The van der Waals surface area contributed by atoms with Crippen LogP contribution in [0.5, 0.6) is 0 Å². The second-order valence-electron chi connectivity index (χ2n) is 5.60. The average Bonchev–Trinajstić information content (AvgIpc) is 2.27. The standard InChI is InChI=1S/C12H24N2O2/c1-9-8-13-6-7-14(10(9)2)11(15)16-12(3,4)5/h9-10,13H,6-8H2,1-5H3. The summed E-state index contributed by atoms with van der Waals surface area (Å²) in [6.07, 6.45) is -0.199. The van der Waals surface area contributed by atoms with Crippen molar-refractivity contribution >= 4 is 6.09 Å². The second-order valence-corrected chi connectivity index (χ2v) is 5.60. The summed E-state index contributed by atoms with van der Waals surface area (Å²) in [5.41, 5.74) is -0.417. The first-order valence-corrected chi connectivity index (χ1v) is 6.01. The van der Waals surface area contributed by atoms with E-state index in [0.29, 0.717) is 5.92 Å². The largest absolute Gasteiger partial charge is 0.444 e. The van der Waals surface area contributed by atoms with Crippen LogP contribution in [0.2, 0.25) is 0 Å². The maximum atomic E-state index is 12.0. The van der Waals surface area contributed by atoms with Crippen LogP contribution in [0.4, 0.5) is 4.79 Å². The van der Waals surface area contributed by atoms with Gasteiger partial charge < -0.3 is 15.0 Å². The van der Waals surface area contributed by atoms with Gasteiger partial charge in [-0.1, -0.05) is 6.92 Å². The van der Waals surface area contributed by atoms with Crippen LogP contribution in [0.25, 0.3) is 0 Å². The van der Waals surface area contributed by atoms with Crippen LogP contribution in [0.1, 0.15) is 34.6 Å². The molecule has 1 N–H and O–H groups in total. The second kappa shape index (κ2) is 5.04. The number of carbonyl (C=O) groups excluding carboxylic acids is 1. The molecule has 4 heteroatoms. The van der Waals surface area contributed by atoms with Crippen LogP contribution in [-0.4, -0.2) is 42.3 Å². The SMILES string of the molecule is CC1CNCCN(C(=O)OC(C)(C)C)C1C. The molecule has 1 aliphatic rings. The zero-order valence-electron chi connectivity index (χ0n) is 11.0. The van der Waals surface area contributed by atoms with Crippen molar-refractivity contribution in [1.29, 1.82) is 0 Å². The molecule has 2 atom stereocenters. The third-order valence-corrected chi connectivity index (χ3v) is 2.94. The molecule has 0 aliphatic carbocycles. The van der Waals surface area contributed by atoms with Crippen molar-refractivity contribution in [2.75, 3.05) is 19.6 Å². The highest BCUT2D eigenvalue weighted by atomic mass is 16.6. The summed E-state index contributed by atoms with van der Waals surface area (Å²) in [5, 5.41) is 3.33. The Morgan fingerprint density at radius 1 is 1.38 bits per heavy atom. The fraction of sp³-hybridized carbons (Fsp3) is 0.917. The third-order valence-electron chi connectivity index (χ3n) is 2.94. The Morgan fingerprint density at radius 3 is 2.56 bits per heavy atom. The Labute approximate surface area is 98.3 Å². The molecule has 1 fully saturated rings. The monoisotopic (exact) mass is 228 g/mol. The van der Waals surface area contributed by atoms with Crippen molar-refractivity contribution in [3.05, 3.63) is 0 Å². The fourth-order valence-corrected chi connectivity index (χ4v) is 1.79. The molecule has 1 rings (SSSR count). The quantitative estimate of drug-likeness (QED) is 0.688. The van der Waals surface area contributed by atoms with Crippen molar-refractivity contribution in [3.8, 4) is 0 Å². The highest BCUT2D eigenvalue weighted by molar-refractivity contribution is 5.68. The number of hydrogen-bond donors (Lipinski definition) is 1. The van der Waals surface area contributed by atoms with Gasteiger partial charge in [0.15, 0.2) is 0 Å². The van der Waals surface area contributed by atoms with Crippen molar-refractivity contribution < 1.29 is 9.53 Å². The lowest BCUT2D eigenvalue weighted by Crippen LogP contribution is -2.45. The zero-order chi connectivity index (χ0) is 12.3. The number of ether oxygens (including phenoxy) is 1. The minimum atomic E-state index is -0.417. The lowest BCUT2D eigenvalue weighted by Gasteiger charge is -2.32. The summed E-state index contributed by atoms with van der Waals surface area (Å²) in [6, 6.07) is 0.227. The van der Waals surface area contributed by atoms with Gasteiger partial charge in [-0.2, -0.15) is 0 Å². The molecule has 0 spiro atoms. The van der Waals surface area contributed by atoms with E-state index in [0.717, 1.165) is 19.6 Å². The van der Waals surface area contributed by atoms with Crippen LogP contribution in [0.15, 0.2) is 0 Å². The first-order chi connectivity index (χ1) is 7.31. The molecule has 1 heterocycles. The van der Waals surface area contributed by atoms with Crippen molar-refractivity contribution in [2.24, 2.45) is 5.92 Å². The molecule has 0 bridgehead atoms. The van der Waals surface area contributed by atoms with Gasteiger partial charge in [-0.15, -0.1) is 0 Å². The minimum Gasteiger partial charge on any atom is -0.444 e. The molecule has 0 radical (unpaired) electrons. The van der Waals surface area contributed by atoms with Gasteiger partial charge in [0.2, 0.25) is 0 Å². The number of amides is 1. The number of rotatable bonds is 0. The van der Waals surface area contributed by atoms with Crippen molar-refractivity contribution in [1.82, 2.24) is 10.2 Å². The number of carbonyl (C=O) groups is 1. The van der Waals surface area contributed by atoms with Gasteiger partial charge in [0.25, 0.3) is 0 Å². The first kappa shape index (κ1) is 13.3. The molecule has 0 aromatic carbocycles. The maximum absolute atomic E-state index is 12.0. The van der Waals surface area contributed by atoms with E-state index >= 15 is 0 Å². The predicted molar refractivity (Wildman–Crippen MR) is 64.4 cm³/mol. The number of hydrogen-bond acceptors (Lipinski definition) is 3. The van der Waals surface area contributed by atoms with E-state index in [1.54, 1.807) is 0 Å². The highest BCUT2D eigenvalue weighted by Gasteiger charge is 2.30. The summed E-state index contributed by atoms with van der Waals surface area (Å²) in [5.74, 6) is 0.454. The minimum absolute atomic E-state index is 0.199. The van der Waals surface area contributed by atoms with E-state index in [1.807, 2.05) is 25.7 Å². The molecule has 16 heavy (non-hydrogen) atoms. The molecule has 4 nitrogen and oxygen atoms in total. The summed E-state index contributed by atoms with van der Waals surface area (Å²) in [4.78, 5) is 13.8. The topological polar surface area (TPSA) is 41.6 Å². The zero-order valence-corrected chi connectivity index (χ0v) is 11.0. The number of nitrogens with zero attached hydrogens (tertiary/aromatic N) is 1. The summed E-state index contributed by atoms with van der Waals surface area (Å²) in [7, 11) is 0. The molecule has 94 valence electrons. The van der Waals surface area contributed by atoms with Crippen LogP contribution >= 0.6 is 0 Å². The van der Waals surface area contributed by atoms with Crippen molar-refractivity contribution in [3.63, 3.8) is 0 Å². The normalized spacial score (nSPS) is 27.4. The summed E-state index contributed by atoms with van der Waals surface area (Å²) >= 11 is 0. The average molecular weight is 228 g/mol. The van der Waals surface area contributed by atoms with Gasteiger partial charge in [-0.05, 0) is 40.2 Å². The van der Waals surface area contributed by atoms with E-state index in [2.05, 4.69) is 19.2 Å². The molecular weight excluding hydrogens is 204 g/mol. The predicted octanol–water partition coefficient (Wildman–Crippen LogP) is 1.85. The molecular formula is C12H24N2O2. The van der Waals surface area contributed by atoms with E-state index in [-0.39, 0.29) is 12.1 Å². The molecule has 2 unspecified atom stereocenters. The summed E-state index contributed by atoms with van der Waals surface area (Å²) < 4.78 is 5.41. The van der Waals surface area contributed by atoms with E-state index in [1.165, 1.54) is 0 Å². The van der Waals surface area contributed by atoms with Crippen LogP contribution in [-0.2, 0) is 4.74 Å². The van der Waals surface area contributed by atoms with Gasteiger partial charge in [-0.3, -0.25) is 0 Å². The first-order valence-electron chi connectivity index (χ1n) is 6.01. The Bertz CT molecular complexity index is 248. The van der Waals surface area contributed by atoms with E-state index in [9.17, 15) is 4.79 Å². The van der Waals surface area contributed by atoms with Gasteiger partial charge in [0, 0.05) is 19.1 Å². The van der Waals surface area contributed by atoms with Crippen LogP contribution < -0.4 is 5.32 Å². The fourth-order valence-electron chi connectivity index (χ4n) is 1.79. The van der Waals surface area contributed by atoms with Gasteiger partial charge >= 0.3 is 6.09 Å². The third kappa shape index (κ3) is 3.67. The Kier molecular flexibility index (Phi) is 4.19. The lowest BCUT2D eigenvalue weighted by atomic mass is 10.0. The molecule has 1 amide bonds. The Morgan fingerprint density at radius 2 is 2.00 bits per heavy atom. The molecule has 0 aromatic rings. The maximum Gasteiger partial charge on any atom is 0.410 e. The van der Waals surface area contributed by atoms with Crippen LogP contribution in [0.3, 0.4) is 0 Å². The lowest BCUT2D eigenvalue weighted by molar-refractivity contribution is 0.0155. The van der Waals surface area contributed by atoms with Crippen LogP contribution in [0, 0.1) is 5.92 Å². The Balaban J connectivity index is 2.65. The highest BCUT2D eigenvalue weighted by Crippen LogP contribution is 2.17. The summed E-state index contributed by atoms with van der Waals surface area (Å²) in [6.45, 7) is 12.5.